The van der Waals surface area contributed by atoms with Crippen LogP contribution in [0, 0.1) is 0 Å². The Bertz CT molecular complexity index is 751. The number of hydrogen-bond donors (Lipinski definition) is 2. The second-order valence-electron chi connectivity index (χ2n) is 7.15. The van der Waals surface area contributed by atoms with Crippen molar-refractivity contribution < 1.29 is 18.7 Å². The third kappa shape index (κ3) is 6.94. The highest BCUT2D eigenvalue weighted by atomic mass is 16.5. The van der Waals surface area contributed by atoms with Gasteiger partial charge in [-0.1, -0.05) is 12.8 Å². The van der Waals surface area contributed by atoms with Crippen LogP contribution in [0.15, 0.2) is 47.1 Å². The molecule has 7 heteroatoms. The first-order valence-electron chi connectivity index (χ1n) is 10.3. The van der Waals surface area contributed by atoms with Crippen LogP contribution in [0.2, 0.25) is 0 Å². The molecule has 1 aromatic carbocycles. The van der Waals surface area contributed by atoms with Gasteiger partial charge < -0.3 is 24.7 Å². The number of benzene rings is 1. The number of ether oxygens (including phenoxy) is 1. The fourth-order valence-corrected chi connectivity index (χ4v) is 3.27. The molecule has 0 radical (unpaired) electrons. The molecule has 1 aromatic heterocycles. The summed E-state index contributed by atoms with van der Waals surface area (Å²) in [5.41, 5.74) is 1.32. The van der Waals surface area contributed by atoms with Crippen molar-refractivity contribution in [1.82, 2.24) is 10.2 Å². The first-order chi connectivity index (χ1) is 14.2. The smallest absolute Gasteiger partial charge is 0.319 e. The van der Waals surface area contributed by atoms with Crippen molar-refractivity contribution in [3.05, 3.63) is 54.0 Å². The van der Waals surface area contributed by atoms with Gasteiger partial charge in [-0.2, -0.15) is 0 Å². The van der Waals surface area contributed by atoms with Crippen LogP contribution in [-0.4, -0.2) is 43.1 Å². The molecule has 0 unspecified atom stereocenters. The molecule has 7 nitrogen and oxygen atoms in total. The van der Waals surface area contributed by atoms with Gasteiger partial charge in [0.1, 0.15) is 12.4 Å². The molecule has 2 aromatic rings. The van der Waals surface area contributed by atoms with Gasteiger partial charge in [-0.15, -0.1) is 0 Å². The van der Waals surface area contributed by atoms with E-state index in [1.807, 2.05) is 17.0 Å². The Kier molecular flexibility index (Phi) is 8.12. The quantitative estimate of drug-likeness (QED) is 0.657. The predicted molar refractivity (Wildman–Crippen MR) is 111 cm³/mol. The minimum Gasteiger partial charge on any atom is -0.467 e. The zero-order valence-corrected chi connectivity index (χ0v) is 16.7. The zero-order valence-electron chi connectivity index (χ0n) is 16.7. The molecule has 2 heterocycles. The van der Waals surface area contributed by atoms with Crippen LogP contribution in [0.3, 0.4) is 0 Å². The standard InChI is InChI=1S/C22H29N3O4/c26-21(25-13-3-1-2-4-14-25)18-8-10-19(11-9-18)24-22(27)23-12-6-15-28-17-20-7-5-16-29-20/h5,7-11,16H,1-4,6,12-15,17H2,(H2,23,24,27). The normalized spacial score (nSPS) is 14.3. The van der Waals surface area contributed by atoms with E-state index >= 15 is 0 Å². The molecule has 0 bridgehead atoms. The summed E-state index contributed by atoms with van der Waals surface area (Å²) in [6.45, 7) is 3.13. The van der Waals surface area contributed by atoms with Gasteiger partial charge in [0.2, 0.25) is 0 Å². The van der Waals surface area contributed by atoms with Gasteiger partial charge in [0.25, 0.3) is 5.91 Å². The van der Waals surface area contributed by atoms with E-state index in [1.165, 1.54) is 12.8 Å². The summed E-state index contributed by atoms with van der Waals surface area (Å²) in [5, 5.41) is 5.57. The Balaban J connectivity index is 1.34. The van der Waals surface area contributed by atoms with Crippen LogP contribution in [0.1, 0.15) is 48.2 Å². The molecule has 0 aliphatic carbocycles. The molecule has 1 saturated heterocycles. The van der Waals surface area contributed by atoms with Gasteiger partial charge in [0.05, 0.1) is 6.26 Å². The number of amides is 3. The van der Waals surface area contributed by atoms with E-state index in [4.69, 9.17) is 9.15 Å². The summed E-state index contributed by atoms with van der Waals surface area (Å²) >= 11 is 0. The fourth-order valence-electron chi connectivity index (χ4n) is 3.27. The molecule has 29 heavy (non-hydrogen) atoms. The highest BCUT2D eigenvalue weighted by molar-refractivity contribution is 5.95. The maximum Gasteiger partial charge on any atom is 0.319 e. The Morgan fingerprint density at radius 3 is 2.48 bits per heavy atom. The van der Waals surface area contributed by atoms with Crippen LogP contribution in [-0.2, 0) is 11.3 Å². The fraction of sp³-hybridized carbons (Fsp3) is 0.455. The number of hydrogen-bond acceptors (Lipinski definition) is 4. The van der Waals surface area contributed by atoms with Crippen molar-refractivity contribution in [2.75, 3.05) is 31.6 Å². The number of rotatable bonds is 8. The summed E-state index contributed by atoms with van der Waals surface area (Å²) in [6.07, 6.45) is 6.84. The summed E-state index contributed by atoms with van der Waals surface area (Å²) in [7, 11) is 0. The van der Waals surface area contributed by atoms with E-state index in [0.29, 0.717) is 37.4 Å². The molecule has 0 atom stereocenters. The van der Waals surface area contributed by atoms with E-state index in [-0.39, 0.29) is 11.9 Å². The Morgan fingerprint density at radius 1 is 1.03 bits per heavy atom. The molecule has 3 rings (SSSR count). The number of nitrogens with one attached hydrogen (secondary N) is 2. The number of urea groups is 1. The van der Waals surface area contributed by atoms with Gasteiger partial charge in [0.15, 0.2) is 0 Å². The van der Waals surface area contributed by atoms with Crippen LogP contribution in [0.4, 0.5) is 10.5 Å². The highest BCUT2D eigenvalue weighted by Gasteiger charge is 2.17. The molecule has 1 aliphatic rings. The van der Waals surface area contributed by atoms with Crippen molar-refractivity contribution in [1.29, 1.82) is 0 Å². The van der Waals surface area contributed by atoms with Crippen molar-refractivity contribution >= 4 is 17.6 Å². The average molecular weight is 399 g/mol. The van der Waals surface area contributed by atoms with Crippen LogP contribution < -0.4 is 10.6 Å². The number of nitrogens with zero attached hydrogens (tertiary/aromatic N) is 1. The van der Waals surface area contributed by atoms with E-state index in [0.717, 1.165) is 31.7 Å². The first kappa shape index (κ1) is 20.9. The predicted octanol–water partition coefficient (Wildman–Crippen LogP) is 4.02. The van der Waals surface area contributed by atoms with Crippen molar-refractivity contribution in [2.24, 2.45) is 0 Å². The molecule has 0 spiro atoms. The number of carbonyl (C=O) groups is 2. The van der Waals surface area contributed by atoms with Gasteiger partial charge in [0, 0.05) is 37.5 Å². The third-order valence-corrected chi connectivity index (χ3v) is 4.86. The van der Waals surface area contributed by atoms with E-state index in [2.05, 4.69) is 10.6 Å². The lowest BCUT2D eigenvalue weighted by Gasteiger charge is -2.20. The first-order valence-corrected chi connectivity index (χ1v) is 10.3. The minimum atomic E-state index is -0.275. The van der Waals surface area contributed by atoms with E-state index < -0.39 is 0 Å². The lowest BCUT2D eigenvalue weighted by molar-refractivity contribution is 0.0761. The topological polar surface area (TPSA) is 83.8 Å². The van der Waals surface area contributed by atoms with Crippen molar-refractivity contribution in [2.45, 2.75) is 38.7 Å². The minimum absolute atomic E-state index is 0.0671. The van der Waals surface area contributed by atoms with Crippen LogP contribution in [0.5, 0.6) is 0 Å². The molecule has 156 valence electrons. The van der Waals surface area contributed by atoms with Gasteiger partial charge in [-0.3, -0.25) is 4.79 Å². The van der Waals surface area contributed by atoms with Crippen molar-refractivity contribution in [3.63, 3.8) is 0 Å². The molecule has 0 saturated carbocycles. The average Bonchev–Trinajstić information content (AvgIpc) is 3.10. The number of furan rings is 1. The van der Waals surface area contributed by atoms with Gasteiger partial charge >= 0.3 is 6.03 Å². The highest BCUT2D eigenvalue weighted by Crippen LogP contribution is 2.15. The maximum atomic E-state index is 12.6. The van der Waals surface area contributed by atoms with E-state index in [1.54, 1.807) is 30.5 Å². The zero-order chi connectivity index (χ0) is 20.3. The third-order valence-electron chi connectivity index (χ3n) is 4.86. The lowest BCUT2D eigenvalue weighted by atomic mass is 10.1. The lowest BCUT2D eigenvalue weighted by Crippen LogP contribution is -2.32. The van der Waals surface area contributed by atoms with Crippen LogP contribution in [0.25, 0.3) is 0 Å². The summed E-state index contributed by atoms with van der Waals surface area (Å²) < 4.78 is 10.6. The molecule has 3 amide bonds. The molecule has 1 fully saturated rings. The second kappa shape index (κ2) is 11.3. The Hall–Kier alpha value is -2.80. The molecule has 1 aliphatic heterocycles. The summed E-state index contributed by atoms with van der Waals surface area (Å²) in [4.78, 5) is 26.5. The summed E-state index contributed by atoms with van der Waals surface area (Å²) in [6, 6.07) is 10.5. The van der Waals surface area contributed by atoms with Crippen LogP contribution >= 0.6 is 0 Å². The second-order valence-corrected chi connectivity index (χ2v) is 7.15. The molecule has 2 N–H and O–H groups in total. The monoisotopic (exact) mass is 399 g/mol. The number of likely N-dealkylation sites (tertiary alicyclic amines) is 1. The largest absolute Gasteiger partial charge is 0.467 e. The van der Waals surface area contributed by atoms with Gasteiger partial charge in [-0.05, 0) is 55.7 Å². The molecular formula is C22H29N3O4. The SMILES string of the molecule is O=C(NCCCOCc1ccco1)Nc1ccc(C(=O)N2CCCCCC2)cc1. The van der Waals surface area contributed by atoms with E-state index in [9.17, 15) is 9.59 Å². The molecular weight excluding hydrogens is 370 g/mol. The van der Waals surface area contributed by atoms with Gasteiger partial charge in [-0.25, -0.2) is 4.79 Å². The summed E-state index contributed by atoms with van der Waals surface area (Å²) in [5.74, 6) is 0.853. The Morgan fingerprint density at radius 2 is 1.79 bits per heavy atom. The number of anilines is 1. The maximum absolute atomic E-state index is 12.6. The van der Waals surface area contributed by atoms with Crippen molar-refractivity contribution in [3.8, 4) is 0 Å². The number of carbonyl (C=O) groups excluding carboxylic acids is 2. The Labute approximate surface area is 171 Å².